The summed E-state index contributed by atoms with van der Waals surface area (Å²) in [5.41, 5.74) is 0.241. The van der Waals surface area contributed by atoms with Gasteiger partial charge in [-0.1, -0.05) is 12.1 Å². The van der Waals surface area contributed by atoms with Gasteiger partial charge in [0.15, 0.2) is 5.82 Å². The molecule has 2 rings (SSSR count). The van der Waals surface area contributed by atoms with Crippen LogP contribution in [0, 0.1) is 12.3 Å². The number of nitrogens with one attached hydrogen (secondary N) is 2. The molecule has 1 aliphatic heterocycles. The van der Waals surface area contributed by atoms with Crippen molar-refractivity contribution in [1.82, 2.24) is 20.8 Å². The number of hydrogen-bond acceptors (Lipinski definition) is 5. The van der Waals surface area contributed by atoms with E-state index in [4.69, 9.17) is 4.52 Å². The summed E-state index contributed by atoms with van der Waals surface area (Å²) in [5, 5.41) is 10.1. The van der Waals surface area contributed by atoms with E-state index >= 15 is 0 Å². The highest BCUT2D eigenvalue weighted by Crippen LogP contribution is 2.26. The molecule has 6 nitrogen and oxygen atoms in total. The topological polar surface area (TPSA) is 80.0 Å². The minimum Gasteiger partial charge on any atom is -0.356 e. The third-order valence-corrected chi connectivity index (χ3v) is 3.89. The molecule has 112 valence electrons. The van der Waals surface area contributed by atoms with Gasteiger partial charge in [-0.15, -0.1) is 0 Å². The minimum absolute atomic E-state index is 0.112. The zero-order valence-electron chi connectivity index (χ0n) is 12.4. The van der Waals surface area contributed by atoms with Crippen molar-refractivity contribution >= 4 is 5.91 Å². The third kappa shape index (κ3) is 4.59. The van der Waals surface area contributed by atoms with Crippen LogP contribution < -0.4 is 10.6 Å². The Morgan fingerprint density at radius 1 is 1.45 bits per heavy atom. The van der Waals surface area contributed by atoms with Crippen LogP contribution in [0.1, 0.15) is 44.3 Å². The van der Waals surface area contributed by atoms with E-state index in [1.165, 1.54) is 0 Å². The molecule has 0 bridgehead atoms. The maximum absolute atomic E-state index is 11.8. The van der Waals surface area contributed by atoms with E-state index in [9.17, 15) is 4.79 Å². The van der Waals surface area contributed by atoms with Crippen LogP contribution in [0.25, 0.3) is 0 Å². The van der Waals surface area contributed by atoms with Gasteiger partial charge in [0, 0.05) is 19.4 Å². The fourth-order valence-corrected chi connectivity index (χ4v) is 2.45. The third-order valence-electron chi connectivity index (χ3n) is 3.89. The van der Waals surface area contributed by atoms with Crippen LogP contribution >= 0.6 is 0 Å². The van der Waals surface area contributed by atoms with Crippen molar-refractivity contribution in [3.8, 4) is 0 Å². The van der Waals surface area contributed by atoms with E-state index in [-0.39, 0.29) is 11.3 Å². The van der Waals surface area contributed by atoms with Crippen LogP contribution in [0.15, 0.2) is 4.52 Å². The van der Waals surface area contributed by atoms with Crippen molar-refractivity contribution in [3.63, 3.8) is 0 Å². The van der Waals surface area contributed by atoms with Crippen LogP contribution in [0.2, 0.25) is 0 Å². The molecule has 1 aliphatic rings. The summed E-state index contributed by atoms with van der Waals surface area (Å²) in [4.78, 5) is 16.0. The van der Waals surface area contributed by atoms with Crippen molar-refractivity contribution in [3.05, 3.63) is 11.7 Å². The van der Waals surface area contributed by atoms with Gasteiger partial charge in [0.25, 0.3) is 0 Å². The van der Waals surface area contributed by atoms with Crippen LogP contribution in [0.5, 0.6) is 0 Å². The van der Waals surface area contributed by atoms with E-state index in [1.807, 2.05) is 0 Å². The molecular formula is C14H24N4O2. The molecule has 0 unspecified atom stereocenters. The maximum atomic E-state index is 11.8. The van der Waals surface area contributed by atoms with Gasteiger partial charge in [-0.05, 0) is 44.7 Å². The average molecular weight is 280 g/mol. The number of nitrogens with zero attached hydrogens (tertiary/aromatic N) is 2. The lowest BCUT2D eigenvalue weighted by Gasteiger charge is -2.34. The highest BCUT2D eigenvalue weighted by Gasteiger charge is 2.26. The smallest absolute Gasteiger partial charge is 0.226 e. The van der Waals surface area contributed by atoms with Crippen molar-refractivity contribution < 1.29 is 9.32 Å². The molecule has 2 heterocycles. The normalized spacial score (nSPS) is 17.9. The molecule has 6 heteroatoms. The SMILES string of the molecule is Cc1noc(CCCC(=O)NCC2(C)CCNCC2)n1. The first kappa shape index (κ1) is 15.0. The molecular weight excluding hydrogens is 256 g/mol. The quantitative estimate of drug-likeness (QED) is 0.818. The molecule has 1 aromatic heterocycles. The summed E-state index contributed by atoms with van der Waals surface area (Å²) < 4.78 is 5.02. The molecule has 0 aliphatic carbocycles. The van der Waals surface area contributed by atoms with Crippen molar-refractivity contribution in [2.75, 3.05) is 19.6 Å². The summed E-state index contributed by atoms with van der Waals surface area (Å²) in [7, 11) is 0. The number of aryl methyl sites for hydroxylation is 2. The summed E-state index contributed by atoms with van der Waals surface area (Å²) in [6.07, 6.45) is 4.15. The van der Waals surface area contributed by atoms with E-state index < -0.39 is 0 Å². The van der Waals surface area contributed by atoms with Crippen molar-refractivity contribution in [1.29, 1.82) is 0 Å². The van der Waals surface area contributed by atoms with Gasteiger partial charge in [-0.3, -0.25) is 4.79 Å². The molecule has 2 N–H and O–H groups in total. The van der Waals surface area contributed by atoms with Gasteiger partial charge >= 0.3 is 0 Å². The Morgan fingerprint density at radius 3 is 2.85 bits per heavy atom. The summed E-state index contributed by atoms with van der Waals surface area (Å²) in [6.45, 7) is 6.90. The lowest BCUT2D eigenvalue weighted by molar-refractivity contribution is -0.121. The molecule has 0 atom stereocenters. The van der Waals surface area contributed by atoms with Crippen LogP contribution in [0.4, 0.5) is 0 Å². The van der Waals surface area contributed by atoms with E-state index in [0.717, 1.165) is 38.9 Å². The van der Waals surface area contributed by atoms with Gasteiger partial charge in [0.05, 0.1) is 0 Å². The van der Waals surface area contributed by atoms with Gasteiger partial charge in [-0.2, -0.15) is 4.98 Å². The Morgan fingerprint density at radius 2 is 2.20 bits per heavy atom. The predicted octanol–water partition coefficient (Wildman–Crippen LogP) is 1.21. The van der Waals surface area contributed by atoms with Crippen LogP contribution in [0.3, 0.4) is 0 Å². The van der Waals surface area contributed by atoms with Crippen LogP contribution in [-0.4, -0.2) is 35.7 Å². The highest BCUT2D eigenvalue weighted by molar-refractivity contribution is 5.75. The fraction of sp³-hybridized carbons (Fsp3) is 0.786. The Bertz CT molecular complexity index is 438. The molecule has 20 heavy (non-hydrogen) atoms. The van der Waals surface area contributed by atoms with Crippen molar-refractivity contribution in [2.45, 2.75) is 46.0 Å². The standard InChI is InChI=1S/C14H24N4O2/c1-11-17-13(20-18-11)5-3-4-12(19)16-10-14(2)6-8-15-9-7-14/h15H,3-10H2,1-2H3,(H,16,19). The first-order chi connectivity index (χ1) is 9.57. The van der Waals surface area contributed by atoms with Gasteiger partial charge in [-0.25, -0.2) is 0 Å². The summed E-state index contributed by atoms with van der Waals surface area (Å²) in [5.74, 6) is 1.37. The Kier molecular flexibility index (Phi) is 5.11. The number of hydrogen-bond donors (Lipinski definition) is 2. The predicted molar refractivity (Wildman–Crippen MR) is 75.2 cm³/mol. The van der Waals surface area contributed by atoms with Gasteiger partial charge in [0.1, 0.15) is 0 Å². The monoisotopic (exact) mass is 280 g/mol. The first-order valence-corrected chi connectivity index (χ1v) is 7.34. The zero-order chi connectivity index (χ0) is 14.4. The Balaban J connectivity index is 1.62. The average Bonchev–Trinajstić information content (AvgIpc) is 2.83. The molecule has 1 saturated heterocycles. The number of amides is 1. The largest absolute Gasteiger partial charge is 0.356 e. The van der Waals surface area contributed by atoms with Gasteiger partial charge < -0.3 is 15.2 Å². The lowest BCUT2D eigenvalue weighted by Crippen LogP contribution is -2.42. The number of aromatic nitrogens is 2. The fourth-order valence-electron chi connectivity index (χ4n) is 2.45. The zero-order valence-corrected chi connectivity index (χ0v) is 12.4. The second-order valence-corrected chi connectivity index (χ2v) is 5.93. The molecule has 0 spiro atoms. The number of piperidine rings is 1. The maximum Gasteiger partial charge on any atom is 0.226 e. The summed E-state index contributed by atoms with van der Waals surface area (Å²) >= 11 is 0. The lowest BCUT2D eigenvalue weighted by atomic mass is 9.81. The molecule has 1 aromatic rings. The molecule has 0 saturated carbocycles. The second kappa shape index (κ2) is 6.83. The van der Waals surface area contributed by atoms with E-state index in [2.05, 4.69) is 27.7 Å². The van der Waals surface area contributed by atoms with Gasteiger partial charge in [0.2, 0.25) is 11.8 Å². The molecule has 1 amide bonds. The molecule has 1 fully saturated rings. The Labute approximate surface area is 119 Å². The minimum atomic E-state index is 0.112. The van der Waals surface area contributed by atoms with Crippen LogP contribution in [-0.2, 0) is 11.2 Å². The molecule has 0 aromatic carbocycles. The molecule has 0 radical (unpaired) electrons. The first-order valence-electron chi connectivity index (χ1n) is 7.34. The second-order valence-electron chi connectivity index (χ2n) is 5.93. The number of carbonyl (C=O) groups is 1. The van der Waals surface area contributed by atoms with E-state index in [1.54, 1.807) is 6.92 Å². The van der Waals surface area contributed by atoms with Crippen molar-refractivity contribution in [2.24, 2.45) is 5.41 Å². The highest BCUT2D eigenvalue weighted by atomic mass is 16.5. The number of rotatable bonds is 6. The van der Waals surface area contributed by atoms with E-state index in [0.29, 0.717) is 24.6 Å². The number of carbonyl (C=O) groups excluding carboxylic acids is 1. The Hall–Kier alpha value is -1.43. The summed E-state index contributed by atoms with van der Waals surface area (Å²) in [6, 6.07) is 0.